The van der Waals surface area contributed by atoms with Gasteiger partial charge < -0.3 is 14.4 Å². The molecule has 6 nitrogen and oxygen atoms in total. The molecule has 2 saturated heterocycles. The predicted molar refractivity (Wildman–Crippen MR) is 159 cm³/mol. The highest BCUT2D eigenvalue weighted by Crippen LogP contribution is 2.23. The Labute approximate surface area is 229 Å². The molecule has 0 unspecified atom stereocenters. The Morgan fingerprint density at radius 3 is 2.55 bits per heavy atom. The van der Waals surface area contributed by atoms with Gasteiger partial charge >= 0.3 is 0 Å². The first-order chi connectivity index (χ1) is 18.5. The number of hydrogen-bond acceptors (Lipinski definition) is 5. The van der Waals surface area contributed by atoms with Crippen molar-refractivity contribution >= 4 is 11.2 Å². The monoisotopic (exact) mass is 514 g/mol. The van der Waals surface area contributed by atoms with Crippen molar-refractivity contribution in [3.8, 4) is 0 Å². The van der Waals surface area contributed by atoms with Crippen LogP contribution in [0.15, 0.2) is 53.7 Å². The van der Waals surface area contributed by atoms with E-state index in [0.717, 1.165) is 54.5 Å². The quantitative estimate of drug-likeness (QED) is 0.491. The number of hydrogen-bond donors (Lipinski definition) is 0. The lowest BCUT2D eigenvalue weighted by molar-refractivity contribution is 0.0683. The fraction of sp³-hybridized carbons (Fsp3) is 0.562. The van der Waals surface area contributed by atoms with E-state index in [2.05, 4.69) is 89.6 Å². The number of allylic oxidation sites excluding steroid dienone is 7. The molecule has 1 aliphatic carbocycles. The first kappa shape index (κ1) is 27.0. The van der Waals surface area contributed by atoms with E-state index in [1.165, 1.54) is 75.4 Å². The molecular formula is C32H46N6. The molecule has 6 heteroatoms. The lowest BCUT2D eigenvalue weighted by atomic mass is 10.0. The summed E-state index contributed by atoms with van der Waals surface area (Å²) in [6, 6.07) is 2.93. The van der Waals surface area contributed by atoms with Gasteiger partial charge in [-0.3, -0.25) is 4.90 Å². The molecule has 3 aliphatic rings. The average Bonchev–Trinajstić information content (AvgIpc) is 3.11. The Hall–Kier alpha value is -2.54. The van der Waals surface area contributed by atoms with Crippen LogP contribution in [0.3, 0.4) is 0 Å². The molecule has 2 aromatic heterocycles. The summed E-state index contributed by atoms with van der Waals surface area (Å²) < 4.78 is 2.30. The first-order valence-electron chi connectivity index (χ1n) is 14.7. The van der Waals surface area contributed by atoms with Crippen LogP contribution in [0.1, 0.15) is 49.7 Å². The third kappa shape index (κ3) is 6.53. The zero-order chi connectivity index (χ0) is 26.5. The highest BCUT2D eigenvalue weighted by Gasteiger charge is 2.26. The van der Waals surface area contributed by atoms with Crippen LogP contribution >= 0.6 is 0 Å². The number of rotatable bonds is 8. The summed E-state index contributed by atoms with van der Waals surface area (Å²) in [4.78, 5) is 17.6. The van der Waals surface area contributed by atoms with E-state index in [0.29, 0.717) is 0 Å². The average molecular weight is 515 g/mol. The van der Waals surface area contributed by atoms with Crippen molar-refractivity contribution in [1.29, 1.82) is 0 Å². The van der Waals surface area contributed by atoms with Gasteiger partial charge in [-0.25, -0.2) is 9.97 Å². The maximum Gasteiger partial charge on any atom is 0.160 e. The van der Waals surface area contributed by atoms with E-state index in [4.69, 9.17) is 9.97 Å². The molecule has 4 heterocycles. The van der Waals surface area contributed by atoms with Gasteiger partial charge in [0.05, 0.1) is 6.54 Å². The summed E-state index contributed by atoms with van der Waals surface area (Å²) >= 11 is 0. The number of aromatic nitrogens is 3. The Kier molecular flexibility index (Phi) is 8.93. The molecule has 0 saturated carbocycles. The lowest BCUT2D eigenvalue weighted by Crippen LogP contribution is -2.52. The fourth-order valence-electron chi connectivity index (χ4n) is 6.17. The van der Waals surface area contributed by atoms with Crippen LogP contribution in [0, 0.1) is 13.8 Å². The second-order valence-electron chi connectivity index (χ2n) is 11.4. The number of piperidine rings is 1. The minimum absolute atomic E-state index is 0.803. The van der Waals surface area contributed by atoms with Crippen molar-refractivity contribution in [2.45, 2.75) is 65.5 Å². The summed E-state index contributed by atoms with van der Waals surface area (Å²) in [5.41, 5.74) is 6.98. The van der Waals surface area contributed by atoms with Gasteiger partial charge in [-0.1, -0.05) is 43.4 Å². The summed E-state index contributed by atoms with van der Waals surface area (Å²) in [5.74, 6) is 1.11. The molecule has 0 N–H and O–H groups in total. The van der Waals surface area contributed by atoms with E-state index >= 15 is 0 Å². The third-order valence-electron chi connectivity index (χ3n) is 8.51. The van der Waals surface area contributed by atoms with E-state index in [1.54, 1.807) is 0 Å². The first-order valence-corrected chi connectivity index (χ1v) is 14.7. The van der Waals surface area contributed by atoms with Crippen LogP contribution < -0.4 is 0 Å². The molecule has 0 radical (unpaired) electrons. The molecular weight excluding hydrogens is 468 g/mol. The maximum absolute atomic E-state index is 4.91. The summed E-state index contributed by atoms with van der Waals surface area (Å²) in [6.07, 6.45) is 19.5. The molecule has 0 bridgehead atoms. The largest absolute Gasteiger partial charge is 0.308 e. The maximum atomic E-state index is 4.91. The highest BCUT2D eigenvalue weighted by atomic mass is 15.3. The van der Waals surface area contributed by atoms with E-state index in [9.17, 15) is 0 Å². The predicted octanol–water partition coefficient (Wildman–Crippen LogP) is 5.08. The van der Waals surface area contributed by atoms with Crippen LogP contribution in [0.25, 0.3) is 11.2 Å². The van der Waals surface area contributed by atoms with Crippen LogP contribution in [0.5, 0.6) is 0 Å². The molecule has 2 aromatic rings. The van der Waals surface area contributed by atoms with Gasteiger partial charge in [0.25, 0.3) is 0 Å². The fourth-order valence-corrected chi connectivity index (χ4v) is 6.17. The number of pyridine rings is 1. The highest BCUT2D eigenvalue weighted by molar-refractivity contribution is 5.76. The van der Waals surface area contributed by atoms with Gasteiger partial charge in [0.1, 0.15) is 11.3 Å². The van der Waals surface area contributed by atoms with Crippen molar-refractivity contribution in [2.24, 2.45) is 0 Å². The molecule has 0 spiro atoms. The molecule has 0 aromatic carbocycles. The lowest BCUT2D eigenvalue weighted by Gasteiger charge is -2.42. The minimum atomic E-state index is 0.803. The summed E-state index contributed by atoms with van der Waals surface area (Å²) in [5, 5.41) is 0. The van der Waals surface area contributed by atoms with Gasteiger partial charge in [0.15, 0.2) is 5.65 Å². The normalized spacial score (nSPS) is 20.8. The van der Waals surface area contributed by atoms with Crippen molar-refractivity contribution < 1.29 is 0 Å². The smallest absolute Gasteiger partial charge is 0.160 e. The zero-order valence-electron chi connectivity index (χ0n) is 24.0. The van der Waals surface area contributed by atoms with Gasteiger partial charge in [-0.2, -0.15) is 0 Å². The van der Waals surface area contributed by atoms with Crippen molar-refractivity contribution in [3.63, 3.8) is 0 Å². The van der Waals surface area contributed by atoms with E-state index in [-0.39, 0.29) is 0 Å². The number of likely N-dealkylation sites (tertiary alicyclic amines) is 1. The van der Waals surface area contributed by atoms with Crippen LogP contribution in [0.2, 0.25) is 0 Å². The van der Waals surface area contributed by atoms with E-state index in [1.807, 2.05) is 0 Å². The zero-order valence-corrected chi connectivity index (χ0v) is 24.0. The van der Waals surface area contributed by atoms with Crippen molar-refractivity contribution in [1.82, 2.24) is 29.2 Å². The van der Waals surface area contributed by atoms with Crippen LogP contribution in [0.4, 0.5) is 0 Å². The van der Waals surface area contributed by atoms with Gasteiger partial charge in [0.2, 0.25) is 0 Å². The molecule has 38 heavy (non-hydrogen) atoms. The van der Waals surface area contributed by atoms with Crippen molar-refractivity contribution in [3.05, 3.63) is 70.8 Å². The van der Waals surface area contributed by atoms with Crippen molar-refractivity contribution in [2.75, 3.05) is 52.9 Å². The topological polar surface area (TPSA) is 40.4 Å². The number of aryl methyl sites for hydroxylation is 3. The standard InChI is InChI=1S/C32H46N6/c1-5-30-34-31-25(2)23-26(3)33-32(31)38(30)24-28-11-8-10-27(12-13-28)9-6-7-16-36-17-14-29(15-18-36)37-21-19-35(4)20-22-37/h6,8-9,11-13,23,29H,5,7,10,14-22,24H2,1-4H3/b9-6+. The molecule has 0 amide bonds. The van der Waals surface area contributed by atoms with E-state index < -0.39 is 0 Å². The number of imidazole rings is 1. The van der Waals surface area contributed by atoms with Gasteiger partial charge in [0, 0.05) is 50.9 Å². The molecule has 0 atom stereocenters. The number of fused-ring (bicyclic) bond motifs is 1. The number of likely N-dealkylation sites (N-methyl/N-ethyl adjacent to an activating group) is 1. The van der Waals surface area contributed by atoms with Crippen LogP contribution in [-0.2, 0) is 13.0 Å². The Bertz CT molecular complexity index is 1220. The Balaban J connectivity index is 1.13. The summed E-state index contributed by atoms with van der Waals surface area (Å²) in [7, 11) is 2.24. The number of piperazine rings is 1. The molecule has 5 rings (SSSR count). The van der Waals surface area contributed by atoms with Gasteiger partial charge in [-0.05, 0) is 82.4 Å². The molecule has 2 aliphatic heterocycles. The SMILES string of the molecule is CCc1nc2c(C)cc(C)nc2n1CC1=CC=C(/C=C/CCN2CCC(N3CCN(C)CC3)CC2)CC=C1. The Morgan fingerprint density at radius 1 is 1.00 bits per heavy atom. The van der Waals surface area contributed by atoms with Crippen LogP contribution in [-0.4, -0.2) is 88.1 Å². The molecule has 2 fully saturated rings. The minimum Gasteiger partial charge on any atom is -0.308 e. The second-order valence-corrected chi connectivity index (χ2v) is 11.4. The van der Waals surface area contributed by atoms with Gasteiger partial charge in [-0.15, -0.1) is 0 Å². The summed E-state index contributed by atoms with van der Waals surface area (Å²) in [6.45, 7) is 15.8. The molecule has 204 valence electrons. The number of nitrogens with zero attached hydrogens (tertiary/aromatic N) is 6. The third-order valence-corrected chi connectivity index (χ3v) is 8.51. The second kappa shape index (κ2) is 12.5. The Morgan fingerprint density at radius 2 is 1.79 bits per heavy atom.